The molecule has 0 radical (unpaired) electrons. The largest absolute Gasteiger partial charge is 0.309 e. The first-order valence-electron chi connectivity index (χ1n) is 7.66. The maximum atomic E-state index is 11.6. The van der Waals surface area contributed by atoms with Crippen LogP contribution in [0.4, 0.5) is 0 Å². The molecule has 104 valence electrons. The molecule has 1 aliphatic heterocycles. The first kappa shape index (κ1) is 14.5. The molecule has 1 aliphatic rings. The molecule has 0 saturated carbocycles. The van der Waals surface area contributed by atoms with E-state index in [9.17, 15) is 4.79 Å². The van der Waals surface area contributed by atoms with E-state index in [-0.39, 0.29) is 0 Å². The summed E-state index contributed by atoms with van der Waals surface area (Å²) in [6.07, 6.45) is 3.70. The standard InChI is InChI=1S/C17H26OSi/c1-15(2)8-11-19(14-18)12-9-17(10-13-19)16-6-4-3-5-7-16/h3-7,14-15,17H,8-13H2,1-2H3. The Kier molecular flexibility index (Phi) is 4.97. The van der Waals surface area contributed by atoms with Gasteiger partial charge in [-0.05, 0) is 30.2 Å². The monoisotopic (exact) mass is 274 g/mol. The van der Waals surface area contributed by atoms with Gasteiger partial charge in [0.05, 0.1) is 5.91 Å². The van der Waals surface area contributed by atoms with E-state index in [1.807, 2.05) is 0 Å². The van der Waals surface area contributed by atoms with Gasteiger partial charge in [0.1, 0.15) is 8.07 Å². The van der Waals surface area contributed by atoms with Crippen molar-refractivity contribution in [3.05, 3.63) is 35.9 Å². The number of hydrogen-bond acceptors (Lipinski definition) is 1. The lowest BCUT2D eigenvalue weighted by Crippen LogP contribution is -2.40. The summed E-state index contributed by atoms with van der Waals surface area (Å²) in [5.41, 5.74) is 1.47. The lowest BCUT2D eigenvalue weighted by atomic mass is 9.94. The van der Waals surface area contributed by atoms with Crippen molar-refractivity contribution in [1.82, 2.24) is 0 Å². The van der Waals surface area contributed by atoms with Crippen molar-refractivity contribution in [2.75, 3.05) is 0 Å². The molecule has 1 heterocycles. The molecular weight excluding hydrogens is 248 g/mol. The maximum Gasteiger partial charge on any atom is 0.128 e. The van der Waals surface area contributed by atoms with Gasteiger partial charge in [-0.25, -0.2) is 0 Å². The van der Waals surface area contributed by atoms with Crippen LogP contribution < -0.4 is 0 Å². The van der Waals surface area contributed by atoms with Gasteiger partial charge in [0.15, 0.2) is 0 Å². The SMILES string of the molecule is CC(C)CC[Si]1(C=O)CCC(c2ccccc2)CC1. The quantitative estimate of drug-likeness (QED) is 0.555. The molecule has 0 aromatic heterocycles. The van der Waals surface area contributed by atoms with E-state index in [2.05, 4.69) is 44.2 Å². The summed E-state index contributed by atoms with van der Waals surface area (Å²) in [5, 5.41) is 0. The van der Waals surface area contributed by atoms with E-state index >= 15 is 0 Å². The Morgan fingerprint density at radius 1 is 1.21 bits per heavy atom. The molecule has 0 bridgehead atoms. The Bertz CT molecular complexity index is 391. The van der Waals surface area contributed by atoms with Crippen LogP contribution in [0.5, 0.6) is 0 Å². The van der Waals surface area contributed by atoms with E-state index in [0.717, 1.165) is 5.92 Å². The predicted molar refractivity (Wildman–Crippen MR) is 84.8 cm³/mol. The highest BCUT2D eigenvalue weighted by Gasteiger charge is 2.37. The minimum Gasteiger partial charge on any atom is -0.309 e. The predicted octanol–water partition coefficient (Wildman–Crippen LogP) is 4.83. The highest BCUT2D eigenvalue weighted by atomic mass is 28.3. The van der Waals surface area contributed by atoms with E-state index in [4.69, 9.17) is 0 Å². The molecule has 0 amide bonds. The second-order valence-electron chi connectivity index (χ2n) is 6.60. The summed E-state index contributed by atoms with van der Waals surface area (Å²) in [4.78, 5) is 11.6. The average molecular weight is 274 g/mol. The third kappa shape index (κ3) is 3.79. The Balaban J connectivity index is 1.95. The number of carbonyl (C=O) groups excluding carboxylic acids is 1. The Morgan fingerprint density at radius 2 is 1.84 bits per heavy atom. The van der Waals surface area contributed by atoms with Crippen molar-refractivity contribution in [2.24, 2.45) is 5.92 Å². The van der Waals surface area contributed by atoms with E-state index in [0.29, 0.717) is 5.92 Å². The number of benzene rings is 1. The second kappa shape index (κ2) is 6.51. The zero-order chi connectivity index (χ0) is 13.7. The number of carbonyl (C=O) groups is 1. The molecular formula is C17H26OSi. The highest BCUT2D eigenvalue weighted by molar-refractivity contribution is 7.01. The molecule has 0 atom stereocenters. The van der Waals surface area contributed by atoms with Crippen molar-refractivity contribution >= 4 is 14.0 Å². The molecule has 0 spiro atoms. The molecule has 0 aliphatic carbocycles. The van der Waals surface area contributed by atoms with Crippen molar-refractivity contribution in [2.45, 2.75) is 57.2 Å². The molecule has 2 heteroatoms. The van der Waals surface area contributed by atoms with E-state index in [1.165, 1.54) is 48.9 Å². The maximum absolute atomic E-state index is 11.6. The minimum atomic E-state index is -1.57. The van der Waals surface area contributed by atoms with Gasteiger partial charge >= 0.3 is 0 Å². The van der Waals surface area contributed by atoms with Crippen LogP contribution in [0.1, 0.15) is 44.6 Å². The molecule has 1 saturated heterocycles. The molecule has 1 aromatic rings. The van der Waals surface area contributed by atoms with Gasteiger partial charge < -0.3 is 4.79 Å². The summed E-state index contributed by atoms with van der Waals surface area (Å²) in [6, 6.07) is 14.5. The molecule has 1 nitrogen and oxygen atoms in total. The van der Waals surface area contributed by atoms with Crippen LogP contribution in [0.15, 0.2) is 30.3 Å². The first-order chi connectivity index (χ1) is 9.15. The summed E-state index contributed by atoms with van der Waals surface area (Å²) < 4.78 is 0. The molecule has 19 heavy (non-hydrogen) atoms. The average Bonchev–Trinajstić information content (AvgIpc) is 2.47. The third-order valence-corrected chi connectivity index (χ3v) is 9.08. The Morgan fingerprint density at radius 3 is 2.37 bits per heavy atom. The van der Waals surface area contributed by atoms with Crippen LogP contribution in [0, 0.1) is 5.92 Å². The van der Waals surface area contributed by atoms with Crippen LogP contribution in [-0.2, 0) is 4.79 Å². The third-order valence-electron chi connectivity index (χ3n) is 4.72. The number of hydrogen-bond donors (Lipinski definition) is 0. The second-order valence-corrected chi connectivity index (χ2v) is 11.1. The zero-order valence-electron chi connectivity index (χ0n) is 12.3. The fourth-order valence-electron chi connectivity index (χ4n) is 3.25. The first-order valence-corrected chi connectivity index (χ1v) is 10.4. The summed E-state index contributed by atoms with van der Waals surface area (Å²) in [7, 11) is -1.57. The highest BCUT2D eigenvalue weighted by Crippen LogP contribution is 2.40. The van der Waals surface area contributed by atoms with Crippen LogP contribution >= 0.6 is 0 Å². The lowest BCUT2D eigenvalue weighted by Gasteiger charge is -2.35. The summed E-state index contributed by atoms with van der Waals surface area (Å²) in [5.74, 6) is 2.83. The van der Waals surface area contributed by atoms with Gasteiger partial charge in [-0.3, -0.25) is 0 Å². The summed E-state index contributed by atoms with van der Waals surface area (Å²) >= 11 is 0. The van der Waals surface area contributed by atoms with Gasteiger partial charge in [-0.1, -0.05) is 68.7 Å². The van der Waals surface area contributed by atoms with Crippen molar-refractivity contribution < 1.29 is 4.79 Å². The van der Waals surface area contributed by atoms with E-state index < -0.39 is 8.07 Å². The Labute approximate surface area is 118 Å². The summed E-state index contributed by atoms with van der Waals surface area (Å²) in [6.45, 7) is 4.53. The van der Waals surface area contributed by atoms with Crippen molar-refractivity contribution in [3.8, 4) is 0 Å². The van der Waals surface area contributed by atoms with Gasteiger partial charge in [0, 0.05) is 0 Å². The van der Waals surface area contributed by atoms with Gasteiger partial charge in [0.2, 0.25) is 0 Å². The fourth-order valence-corrected chi connectivity index (χ4v) is 7.36. The van der Waals surface area contributed by atoms with Crippen molar-refractivity contribution in [3.63, 3.8) is 0 Å². The van der Waals surface area contributed by atoms with Gasteiger partial charge in [0.25, 0.3) is 0 Å². The minimum absolute atomic E-state index is 0.695. The van der Waals surface area contributed by atoms with E-state index in [1.54, 1.807) is 0 Å². The lowest BCUT2D eigenvalue weighted by molar-refractivity contribution is 0.552. The van der Waals surface area contributed by atoms with Crippen molar-refractivity contribution in [1.29, 1.82) is 0 Å². The number of rotatable bonds is 5. The molecule has 1 aromatic carbocycles. The topological polar surface area (TPSA) is 17.1 Å². The Hall–Kier alpha value is -0.893. The van der Waals surface area contributed by atoms with Gasteiger partial charge in [-0.2, -0.15) is 0 Å². The normalized spacial score (nSPS) is 27.4. The molecule has 0 unspecified atom stereocenters. The van der Waals surface area contributed by atoms with Crippen LogP contribution in [0.2, 0.25) is 18.1 Å². The van der Waals surface area contributed by atoms with Crippen LogP contribution in [0.3, 0.4) is 0 Å². The molecule has 2 rings (SSSR count). The molecule has 0 N–H and O–H groups in total. The zero-order valence-corrected chi connectivity index (χ0v) is 13.3. The smallest absolute Gasteiger partial charge is 0.128 e. The van der Waals surface area contributed by atoms with Crippen LogP contribution in [0.25, 0.3) is 0 Å². The van der Waals surface area contributed by atoms with Crippen LogP contribution in [-0.4, -0.2) is 14.0 Å². The molecule has 1 fully saturated rings. The fraction of sp³-hybridized carbons (Fsp3) is 0.588. The van der Waals surface area contributed by atoms with Gasteiger partial charge in [-0.15, -0.1) is 0 Å².